The van der Waals surface area contributed by atoms with E-state index in [0.717, 1.165) is 19.3 Å². The second-order valence-electron chi connectivity index (χ2n) is 5.28. The van der Waals surface area contributed by atoms with Crippen molar-refractivity contribution in [1.29, 1.82) is 0 Å². The summed E-state index contributed by atoms with van der Waals surface area (Å²) < 4.78 is 23.3. The highest BCUT2D eigenvalue weighted by molar-refractivity contribution is 7.57. The summed E-state index contributed by atoms with van der Waals surface area (Å²) in [5, 5.41) is 0. The smallest absolute Gasteiger partial charge is 0.305 e. The Labute approximate surface area is 110 Å². The third-order valence-corrected chi connectivity index (χ3v) is 6.64. The Hall–Kier alpha value is 0.440. The fraction of sp³-hybridized carbons (Fsp3) is 1.00. The molecule has 0 amide bonds. The molecule has 0 N–H and O–H groups in total. The fourth-order valence-corrected chi connectivity index (χ4v) is 5.04. The molecule has 0 heterocycles. The zero-order valence-corrected chi connectivity index (χ0v) is 12.9. The quantitative estimate of drug-likeness (QED) is 0.530. The Kier molecular flexibility index (Phi) is 5.52. The van der Waals surface area contributed by atoms with Gasteiger partial charge < -0.3 is 9.05 Å². The summed E-state index contributed by atoms with van der Waals surface area (Å²) in [6.07, 6.45) is 4.29. The lowest BCUT2D eigenvalue weighted by atomic mass is 10.00. The van der Waals surface area contributed by atoms with Crippen molar-refractivity contribution in [1.82, 2.24) is 0 Å². The maximum Gasteiger partial charge on any atom is 0.351 e. The number of rotatable bonds is 5. The van der Waals surface area contributed by atoms with E-state index in [1.807, 2.05) is 27.7 Å². The van der Waals surface area contributed by atoms with E-state index in [9.17, 15) is 4.57 Å². The maximum absolute atomic E-state index is 12.9. The molecular formula is C12H24ClO3P. The van der Waals surface area contributed by atoms with Crippen LogP contribution >= 0.6 is 19.2 Å². The maximum atomic E-state index is 12.9. The molecule has 0 unspecified atom stereocenters. The predicted octanol–water partition coefficient (Wildman–Crippen LogP) is 4.93. The first-order chi connectivity index (χ1) is 7.79. The van der Waals surface area contributed by atoms with Gasteiger partial charge in [0.25, 0.3) is 0 Å². The van der Waals surface area contributed by atoms with Gasteiger partial charge in [-0.05, 0) is 40.5 Å². The highest BCUT2D eigenvalue weighted by atomic mass is 35.5. The average Bonchev–Trinajstić information content (AvgIpc) is 2.15. The first kappa shape index (κ1) is 15.5. The molecule has 17 heavy (non-hydrogen) atoms. The molecular weight excluding hydrogens is 259 g/mol. The molecule has 0 aromatic rings. The van der Waals surface area contributed by atoms with E-state index in [4.69, 9.17) is 20.6 Å². The van der Waals surface area contributed by atoms with Gasteiger partial charge in [-0.2, -0.15) is 0 Å². The van der Waals surface area contributed by atoms with Crippen molar-refractivity contribution in [2.75, 3.05) is 0 Å². The summed E-state index contributed by atoms with van der Waals surface area (Å²) >= 11 is 6.56. The van der Waals surface area contributed by atoms with E-state index in [2.05, 4.69) is 0 Å². The Morgan fingerprint density at radius 2 is 1.41 bits per heavy atom. The first-order valence-corrected chi connectivity index (χ1v) is 8.37. The van der Waals surface area contributed by atoms with Crippen LogP contribution in [0.25, 0.3) is 0 Å². The summed E-state index contributed by atoms with van der Waals surface area (Å²) in [5.41, 5.74) is 0. The number of hydrogen-bond donors (Lipinski definition) is 0. The molecule has 1 aliphatic rings. The summed E-state index contributed by atoms with van der Waals surface area (Å²) in [6.45, 7) is 7.44. The zero-order chi connectivity index (χ0) is 13.1. The molecule has 0 aliphatic heterocycles. The second-order valence-corrected chi connectivity index (χ2v) is 8.54. The van der Waals surface area contributed by atoms with Crippen LogP contribution in [0.1, 0.15) is 59.8 Å². The van der Waals surface area contributed by atoms with Gasteiger partial charge in [-0.25, -0.2) is 0 Å². The molecule has 0 bridgehead atoms. The van der Waals surface area contributed by atoms with E-state index in [1.54, 1.807) is 0 Å². The van der Waals surface area contributed by atoms with Gasteiger partial charge in [-0.15, -0.1) is 11.6 Å². The molecule has 0 saturated heterocycles. The lowest BCUT2D eigenvalue weighted by Crippen LogP contribution is -2.29. The molecule has 3 nitrogen and oxygen atoms in total. The van der Waals surface area contributed by atoms with Crippen molar-refractivity contribution in [2.45, 2.75) is 76.6 Å². The van der Waals surface area contributed by atoms with E-state index in [-0.39, 0.29) is 12.2 Å². The molecule has 0 radical (unpaired) electrons. The molecule has 5 heteroatoms. The van der Waals surface area contributed by atoms with Crippen LogP contribution in [0.3, 0.4) is 0 Å². The average molecular weight is 283 g/mol. The Morgan fingerprint density at radius 3 is 1.76 bits per heavy atom. The van der Waals surface area contributed by atoms with Crippen LogP contribution in [-0.4, -0.2) is 16.8 Å². The summed E-state index contributed by atoms with van der Waals surface area (Å²) in [4.78, 5) is 0. The minimum atomic E-state index is -3.25. The second kappa shape index (κ2) is 6.06. The summed E-state index contributed by atoms with van der Waals surface area (Å²) in [6, 6.07) is 0. The number of alkyl halides is 1. The van der Waals surface area contributed by atoms with E-state index in [1.165, 1.54) is 0 Å². The standard InChI is InChI=1S/C12H24ClO3P/c1-10(2)15-17(14,16-11(3)4)12(13)8-6-5-7-9-12/h10-11H,5-9H2,1-4H3. The van der Waals surface area contributed by atoms with Crippen LogP contribution < -0.4 is 0 Å². The van der Waals surface area contributed by atoms with Crippen molar-refractivity contribution in [2.24, 2.45) is 0 Å². The van der Waals surface area contributed by atoms with Gasteiger partial charge in [0.2, 0.25) is 0 Å². The van der Waals surface area contributed by atoms with Crippen molar-refractivity contribution in [3.63, 3.8) is 0 Å². The fourth-order valence-electron chi connectivity index (χ4n) is 2.14. The Balaban J connectivity index is 2.91. The van der Waals surface area contributed by atoms with Crippen LogP contribution in [0.5, 0.6) is 0 Å². The SMILES string of the molecule is CC(C)OP(=O)(OC(C)C)C1(Cl)CCCCC1. The van der Waals surface area contributed by atoms with Gasteiger partial charge in [0.05, 0.1) is 12.2 Å². The lowest BCUT2D eigenvalue weighted by molar-refractivity contribution is 0.128. The van der Waals surface area contributed by atoms with Gasteiger partial charge in [0.1, 0.15) is 4.62 Å². The lowest BCUT2D eigenvalue weighted by Gasteiger charge is -2.38. The monoisotopic (exact) mass is 282 g/mol. The zero-order valence-electron chi connectivity index (χ0n) is 11.2. The highest BCUT2D eigenvalue weighted by Gasteiger charge is 2.51. The van der Waals surface area contributed by atoms with Crippen LogP contribution in [-0.2, 0) is 13.6 Å². The van der Waals surface area contributed by atoms with Gasteiger partial charge in [0, 0.05) is 0 Å². The molecule has 1 rings (SSSR count). The van der Waals surface area contributed by atoms with Crippen molar-refractivity contribution in [3.8, 4) is 0 Å². The van der Waals surface area contributed by atoms with Gasteiger partial charge in [-0.3, -0.25) is 4.57 Å². The van der Waals surface area contributed by atoms with Crippen molar-refractivity contribution in [3.05, 3.63) is 0 Å². The predicted molar refractivity (Wildman–Crippen MR) is 71.7 cm³/mol. The minimum absolute atomic E-state index is 0.142. The molecule has 1 fully saturated rings. The third-order valence-electron chi connectivity index (χ3n) is 2.81. The molecule has 1 saturated carbocycles. The molecule has 102 valence electrons. The molecule has 0 aromatic carbocycles. The molecule has 0 spiro atoms. The first-order valence-electron chi connectivity index (χ1n) is 6.45. The Morgan fingerprint density at radius 1 is 1.00 bits per heavy atom. The van der Waals surface area contributed by atoms with Crippen molar-refractivity contribution < 1.29 is 13.6 Å². The van der Waals surface area contributed by atoms with Gasteiger partial charge >= 0.3 is 7.60 Å². The highest BCUT2D eigenvalue weighted by Crippen LogP contribution is 2.68. The van der Waals surface area contributed by atoms with Crippen LogP contribution in [0.2, 0.25) is 0 Å². The normalized spacial score (nSPS) is 21.1. The summed E-state index contributed by atoms with van der Waals surface area (Å²) in [5.74, 6) is 0. The van der Waals surface area contributed by atoms with E-state index < -0.39 is 12.2 Å². The molecule has 0 atom stereocenters. The minimum Gasteiger partial charge on any atom is -0.305 e. The van der Waals surface area contributed by atoms with E-state index in [0.29, 0.717) is 12.8 Å². The Bertz CT molecular complexity index is 271. The van der Waals surface area contributed by atoms with Crippen LogP contribution in [0.4, 0.5) is 0 Å². The molecule has 0 aromatic heterocycles. The molecule has 1 aliphatic carbocycles. The summed E-state index contributed by atoms with van der Waals surface area (Å²) in [7, 11) is -3.25. The van der Waals surface area contributed by atoms with Crippen molar-refractivity contribution >= 4 is 19.2 Å². The third kappa shape index (κ3) is 3.96. The van der Waals surface area contributed by atoms with Gasteiger partial charge in [0.15, 0.2) is 0 Å². The number of hydrogen-bond acceptors (Lipinski definition) is 3. The van der Waals surface area contributed by atoms with Crippen LogP contribution in [0.15, 0.2) is 0 Å². The van der Waals surface area contributed by atoms with E-state index >= 15 is 0 Å². The topological polar surface area (TPSA) is 35.5 Å². The van der Waals surface area contributed by atoms with Crippen LogP contribution in [0, 0.1) is 0 Å². The number of halogens is 1. The largest absolute Gasteiger partial charge is 0.351 e. The van der Waals surface area contributed by atoms with Gasteiger partial charge in [-0.1, -0.05) is 19.3 Å².